The summed E-state index contributed by atoms with van der Waals surface area (Å²) in [6.45, 7) is 13.2. The number of carbonyl (C=O) groups excluding carboxylic acids is 1. The van der Waals surface area contributed by atoms with Gasteiger partial charge in [0.25, 0.3) is 5.69 Å². The zero-order valence-corrected chi connectivity index (χ0v) is 36.0. The topological polar surface area (TPSA) is 153 Å². The van der Waals surface area contributed by atoms with Gasteiger partial charge in [0.05, 0.1) is 23.2 Å². The predicted octanol–water partition coefficient (Wildman–Crippen LogP) is 9.61. The number of benzene rings is 3. The monoisotopic (exact) mass is 835 g/mol. The van der Waals surface area contributed by atoms with Crippen LogP contribution in [0.2, 0.25) is 0 Å². The minimum atomic E-state index is -1.39. The van der Waals surface area contributed by atoms with Gasteiger partial charge in [0.1, 0.15) is 29.9 Å². The highest BCUT2D eigenvalue weighted by atomic mass is 16.7. The predicted molar refractivity (Wildman–Crippen MR) is 237 cm³/mol. The molecule has 1 amide bonds. The van der Waals surface area contributed by atoms with Crippen molar-refractivity contribution >= 4 is 23.4 Å². The highest BCUT2D eigenvalue weighted by Gasteiger charge is 2.65. The standard InChI is InChI=1S/C49H61N3O9/c1-6-25-51(46(55)24-18-35-16-19-37(20-17-35)52(56)57)45-32-43(50-59-8-3)41-30-36(13-9-11-26-53)40(14-10-12-27-54)47-42-31-39(60-38-21-15-33(4)34(5)29-38)22-23-44(42)61-49(45,48(41)47)58-28-7-2/h7,15-24,29-31,36,40,45,47-48,53-54H,2,6,8-14,25-28,32H2,1,3-5H3. The number of fused-ring (bicyclic) bond motifs is 2. The molecule has 0 saturated heterocycles. The van der Waals surface area contributed by atoms with E-state index in [-0.39, 0.29) is 55.6 Å². The van der Waals surface area contributed by atoms with E-state index in [0.717, 1.165) is 53.8 Å². The Morgan fingerprint density at radius 3 is 2.39 bits per heavy atom. The lowest BCUT2D eigenvalue weighted by atomic mass is 9.55. The normalized spacial score (nSPS) is 23.4. The first-order valence-corrected chi connectivity index (χ1v) is 21.8. The second-order valence-corrected chi connectivity index (χ2v) is 16.3. The average Bonchev–Trinajstić information content (AvgIpc) is 3.26. The zero-order chi connectivity index (χ0) is 43.5. The molecule has 3 aliphatic rings. The molecule has 2 N–H and O–H groups in total. The number of ether oxygens (including phenoxy) is 3. The molecule has 2 aliphatic carbocycles. The third-order valence-electron chi connectivity index (χ3n) is 12.3. The maximum absolute atomic E-state index is 14.6. The van der Waals surface area contributed by atoms with Crippen molar-refractivity contribution in [3.05, 3.63) is 123 Å². The van der Waals surface area contributed by atoms with Crippen LogP contribution in [0.5, 0.6) is 17.2 Å². The molecule has 0 spiro atoms. The van der Waals surface area contributed by atoms with Crippen molar-refractivity contribution < 1.29 is 39.0 Å². The van der Waals surface area contributed by atoms with Gasteiger partial charge < -0.3 is 34.2 Å². The molecule has 12 nitrogen and oxygen atoms in total. The molecule has 12 heteroatoms. The summed E-state index contributed by atoms with van der Waals surface area (Å²) in [7, 11) is 0. The number of aryl methyl sites for hydroxylation is 2. The second kappa shape index (κ2) is 21.0. The van der Waals surface area contributed by atoms with E-state index in [4.69, 9.17) is 24.2 Å². The van der Waals surface area contributed by atoms with Gasteiger partial charge in [0.15, 0.2) is 0 Å². The molecule has 0 aromatic heterocycles. The summed E-state index contributed by atoms with van der Waals surface area (Å²) in [5.74, 6) is -0.111. The number of aliphatic hydroxyl groups excluding tert-OH is 2. The fraction of sp³-hybridized carbons (Fsp3) is 0.469. The van der Waals surface area contributed by atoms with Crippen molar-refractivity contribution in [2.75, 3.05) is 33.0 Å². The van der Waals surface area contributed by atoms with Crippen LogP contribution >= 0.6 is 0 Å². The molecule has 1 saturated carbocycles. The van der Waals surface area contributed by atoms with Crippen LogP contribution in [-0.4, -0.2) is 76.5 Å². The number of rotatable bonds is 21. The Kier molecular flexibility index (Phi) is 15.6. The van der Waals surface area contributed by atoms with Crippen LogP contribution in [-0.2, 0) is 14.4 Å². The van der Waals surface area contributed by atoms with Crippen LogP contribution in [0.3, 0.4) is 0 Å². The molecule has 6 rings (SSSR count). The number of nitrogens with zero attached hydrogens (tertiary/aromatic N) is 3. The number of nitro groups is 1. The Balaban J connectivity index is 1.55. The number of unbranched alkanes of at least 4 members (excludes halogenated alkanes) is 2. The summed E-state index contributed by atoms with van der Waals surface area (Å²) < 4.78 is 20.9. The van der Waals surface area contributed by atoms with Crippen LogP contribution < -0.4 is 9.47 Å². The van der Waals surface area contributed by atoms with Crippen molar-refractivity contribution in [3.8, 4) is 17.2 Å². The fourth-order valence-electron chi connectivity index (χ4n) is 9.40. The van der Waals surface area contributed by atoms with E-state index in [9.17, 15) is 25.1 Å². The highest BCUT2D eigenvalue weighted by molar-refractivity contribution is 6.03. The first-order chi connectivity index (χ1) is 29.6. The number of allylic oxidation sites excluding steroid dienone is 1. The molecule has 1 aliphatic heterocycles. The molecule has 3 aromatic rings. The molecular weight excluding hydrogens is 775 g/mol. The summed E-state index contributed by atoms with van der Waals surface area (Å²) in [5, 5.41) is 35.9. The largest absolute Gasteiger partial charge is 0.459 e. The Bertz CT molecular complexity index is 2100. The Labute approximate surface area is 359 Å². The van der Waals surface area contributed by atoms with Crippen LogP contribution in [0, 0.1) is 41.7 Å². The van der Waals surface area contributed by atoms with E-state index >= 15 is 0 Å². The molecule has 326 valence electrons. The molecule has 3 aromatic carbocycles. The van der Waals surface area contributed by atoms with Gasteiger partial charge in [-0.2, -0.15) is 0 Å². The number of non-ortho nitro benzene ring substituents is 1. The minimum Gasteiger partial charge on any atom is -0.459 e. The van der Waals surface area contributed by atoms with Gasteiger partial charge in [-0.1, -0.05) is 43.1 Å². The molecule has 6 atom stereocenters. The smallest absolute Gasteiger partial charge is 0.269 e. The van der Waals surface area contributed by atoms with Crippen LogP contribution in [0.4, 0.5) is 5.69 Å². The lowest BCUT2D eigenvalue weighted by Crippen LogP contribution is -2.70. The number of nitro benzene ring substituents is 1. The van der Waals surface area contributed by atoms with Crippen LogP contribution in [0.15, 0.2) is 96.2 Å². The molecule has 6 unspecified atom stereocenters. The number of aliphatic hydroxyl groups is 2. The van der Waals surface area contributed by atoms with E-state index < -0.39 is 22.7 Å². The van der Waals surface area contributed by atoms with Gasteiger partial charge in [-0.05, 0) is 136 Å². The molecule has 1 heterocycles. The zero-order valence-electron chi connectivity index (χ0n) is 36.0. The quantitative estimate of drug-likeness (QED) is 0.0351. The Morgan fingerprint density at radius 1 is 1.00 bits per heavy atom. The Morgan fingerprint density at radius 2 is 1.72 bits per heavy atom. The third kappa shape index (κ3) is 10.1. The van der Waals surface area contributed by atoms with E-state index in [1.54, 1.807) is 24.3 Å². The highest BCUT2D eigenvalue weighted by Crippen LogP contribution is 2.62. The number of oxime groups is 1. The van der Waals surface area contributed by atoms with Crippen molar-refractivity contribution in [3.63, 3.8) is 0 Å². The van der Waals surface area contributed by atoms with Gasteiger partial charge >= 0.3 is 0 Å². The number of hydrogen-bond donors (Lipinski definition) is 2. The van der Waals surface area contributed by atoms with E-state index in [2.05, 4.69) is 38.6 Å². The molecule has 61 heavy (non-hydrogen) atoms. The van der Waals surface area contributed by atoms with Crippen LogP contribution in [0.25, 0.3) is 6.08 Å². The van der Waals surface area contributed by atoms with Crippen molar-refractivity contribution in [2.45, 2.75) is 96.8 Å². The van der Waals surface area contributed by atoms with Gasteiger partial charge in [-0.3, -0.25) is 14.9 Å². The van der Waals surface area contributed by atoms with Gasteiger partial charge in [-0.15, -0.1) is 6.58 Å². The van der Waals surface area contributed by atoms with Gasteiger partial charge in [0.2, 0.25) is 11.7 Å². The first-order valence-electron chi connectivity index (χ1n) is 21.8. The summed E-state index contributed by atoms with van der Waals surface area (Å²) >= 11 is 0. The maximum Gasteiger partial charge on any atom is 0.269 e. The molecule has 1 fully saturated rings. The summed E-state index contributed by atoms with van der Waals surface area (Å²) in [6.07, 6.45) is 12.7. The first kappa shape index (κ1) is 45.2. The number of amides is 1. The average molecular weight is 836 g/mol. The van der Waals surface area contributed by atoms with E-state index in [0.29, 0.717) is 49.5 Å². The molecule has 0 bridgehead atoms. The lowest BCUT2D eigenvalue weighted by Gasteiger charge is -2.60. The number of hydrogen-bond acceptors (Lipinski definition) is 10. The second-order valence-electron chi connectivity index (χ2n) is 16.3. The van der Waals surface area contributed by atoms with Crippen molar-refractivity contribution in [1.82, 2.24) is 4.90 Å². The van der Waals surface area contributed by atoms with Crippen molar-refractivity contribution in [1.29, 1.82) is 0 Å². The summed E-state index contributed by atoms with van der Waals surface area (Å²) in [5.41, 5.74) is 5.58. The summed E-state index contributed by atoms with van der Waals surface area (Å²) in [4.78, 5) is 33.2. The van der Waals surface area contributed by atoms with E-state index in [1.165, 1.54) is 23.8 Å². The third-order valence-corrected chi connectivity index (χ3v) is 12.3. The maximum atomic E-state index is 14.6. The molecule has 0 radical (unpaired) electrons. The minimum absolute atomic E-state index is 0.0319. The molecular formula is C49H61N3O9. The van der Waals surface area contributed by atoms with Gasteiger partial charge in [0, 0.05) is 55.9 Å². The fourth-order valence-corrected chi connectivity index (χ4v) is 9.40. The summed E-state index contributed by atoms with van der Waals surface area (Å²) in [6, 6.07) is 17.4. The van der Waals surface area contributed by atoms with Crippen LogP contribution in [0.1, 0.15) is 93.4 Å². The van der Waals surface area contributed by atoms with Crippen molar-refractivity contribution in [2.24, 2.45) is 22.9 Å². The SMILES string of the molecule is C=CCOC12Oc3ccc(Oc4ccc(C)c(C)c4)cc3C3C(CCCCO)C(CCCCO)C=C(C(=NOCC)CC1N(CCC)C(=O)C=Cc1ccc([N+](=O)[O-])cc1)C32. The van der Waals surface area contributed by atoms with Gasteiger partial charge in [-0.25, -0.2) is 0 Å². The van der Waals surface area contributed by atoms with E-state index in [1.807, 2.05) is 43.0 Å². The lowest BCUT2D eigenvalue weighted by molar-refractivity contribution is -0.384. The number of carbonyl (C=O) groups is 1. The Hall–Kier alpha value is -5.30.